The molecule has 1 heterocycles. The van der Waals surface area contributed by atoms with Crippen LogP contribution in [0.1, 0.15) is 22.3 Å². The highest BCUT2D eigenvalue weighted by atomic mass is 16.7. The molecule has 3 rings (SSSR count). The average Bonchev–Trinajstić information content (AvgIpc) is 2.52. The lowest BCUT2D eigenvalue weighted by molar-refractivity contribution is 0.0511. The molecule has 0 saturated heterocycles. The lowest BCUT2D eigenvalue weighted by Crippen LogP contribution is -2.08. The molecule has 0 saturated carbocycles. The fraction of sp³-hybridized carbons (Fsp3) is 0.263. The summed E-state index contributed by atoms with van der Waals surface area (Å²) in [6.45, 7) is 5.01. The predicted octanol–water partition coefficient (Wildman–Crippen LogP) is 4.22. The molecule has 0 unspecified atom stereocenters. The van der Waals surface area contributed by atoms with E-state index in [1.54, 1.807) is 7.11 Å². The smallest absolute Gasteiger partial charge is 0.188 e. The van der Waals surface area contributed by atoms with Crippen LogP contribution < -0.4 is 9.47 Å². The van der Waals surface area contributed by atoms with Crippen LogP contribution in [-0.4, -0.2) is 20.5 Å². The highest BCUT2D eigenvalue weighted by molar-refractivity contribution is 5.86. The van der Waals surface area contributed by atoms with Crippen LogP contribution in [-0.2, 0) is 4.74 Å². The summed E-state index contributed by atoms with van der Waals surface area (Å²) >= 11 is 0. The SMILES string of the molecule is COCOc1ccc(C2=Cc3ccc(C)cc3OC2)c(C)c1. The van der Waals surface area contributed by atoms with Crippen molar-refractivity contribution in [2.24, 2.45) is 0 Å². The number of hydrogen-bond donors (Lipinski definition) is 0. The lowest BCUT2D eigenvalue weighted by atomic mass is 9.96. The molecule has 0 bridgehead atoms. The van der Waals surface area contributed by atoms with Gasteiger partial charge in [0.15, 0.2) is 6.79 Å². The maximum atomic E-state index is 5.90. The van der Waals surface area contributed by atoms with Crippen LogP contribution in [0.4, 0.5) is 0 Å². The molecule has 0 spiro atoms. The molecule has 22 heavy (non-hydrogen) atoms. The molecule has 0 atom stereocenters. The molecule has 0 aliphatic carbocycles. The summed E-state index contributed by atoms with van der Waals surface area (Å²) in [5.41, 5.74) is 5.89. The van der Waals surface area contributed by atoms with Crippen LogP contribution in [0, 0.1) is 13.8 Å². The van der Waals surface area contributed by atoms with Crippen LogP contribution in [0.2, 0.25) is 0 Å². The van der Waals surface area contributed by atoms with Gasteiger partial charge in [0.05, 0.1) is 0 Å². The van der Waals surface area contributed by atoms with Crippen molar-refractivity contribution in [3.05, 3.63) is 58.7 Å². The lowest BCUT2D eigenvalue weighted by Gasteiger charge is -2.20. The summed E-state index contributed by atoms with van der Waals surface area (Å²) in [7, 11) is 1.62. The Morgan fingerprint density at radius 3 is 2.73 bits per heavy atom. The molecule has 0 aromatic heterocycles. The topological polar surface area (TPSA) is 27.7 Å². The molecule has 1 aliphatic heterocycles. The van der Waals surface area contributed by atoms with Crippen LogP contribution in [0.5, 0.6) is 11.5 Å². The van der Waals surface area contributed by atoms with Crippen molar-refractivity contribution >= 4 is 11.6 Å². The summed E-state index contributed by atoms with van der Waals surface area (Å²) in [6.07, 6.45) is 2.20. The summed E-state index contributed by atoms with van der Waals surface area (Å²) < 4.78 is 16.3. The van der Waals surface area contributed by atoms with Gasteiger partial charge < -0.3 is 14.2 Å². The largest absolute Gasteiger partial charge is 0.488 e. The Hall–Kier alpha value is -2.26. The van der Waals surface area contributed by atoms with E-state index in [-0.39, 0.29) is 6.79 Å². The minimum atomic E-state index is 0.261. The van der Waals surface area contributed by atoms with Gasteiger partial charge in [-0.3, -0.25) is 0 Å². The molecule has 0 fully saturated rings. The minimum Gasteiger partial charge on any atom is -0.488 e. The Kier molecular flexibility index (Phi) is 4.16. The van der Waals surface area contributed by atoms with Gasteiger partial charge in [0, 0.05) is 12.7 Å². The molecule has 1 aliphatic rings. The first-order chi connectivity index (χ1) is 10.7. The first kappa shape index (κ1) is 14.7. The molecular formula is C19H20O3. The van der Waals surface area contributed by atoms with Gasteiger partial charge in [0.25, 0.3) is 0 Å². The van der Waals surface area contributed by atoms with Gasteiger partial charge in [0.1, 0.15) is 18.1 Å². The Balaban J connectivity index is 1.90. The van der Waals surface area contributed by atoms with Gasteiger partial charge in [-0.25, -0.2) is 0 Å². The fourth-order valence-electron chi connectivity index (χ4n) is 2.64. The molecule has 0 radical (unpaired) electrons. The maximum Gasteiger partial charge on any atom is 0.188 e. The monoisotopic (exact) mass is 296 g/mol. The molecular weight excluding hydrogens is 276 g/mol. The quantitative estimate of drug-likeness (QED) is 0.791. The zero-order chi connectivity index (χ0) is 15.5. The highest BCUT2D eigenvalue weighted by Gasteiger charge is 2.14. The normalized spacial score (nSPS) is 13.1. The van der Waals surface area contributed by atoms with Gasteiger partial charge in [0.2, 0.25) is 0 Å². The van der Waals surface area contributed by atoms with E-state index in [1.807, 2.05) is 12.1 Å². The Labute approximate surface area is 131 Å². The Morgan fingerprint density at radius 2 is 1.95 bits per heavy atom. The first-order valence-corrected chi connectivity index (χ1v) is 7.34. The molecule has 3 nitrogen and oxygen atoms in total. The molecule has 114 valence electrons. The van der Waals surface area contributed by atoms with E-state index in [2.05, 4.69) is 44.2 Å². The Bertz CT molecular complexity index is 717. The van der Waals surface area contributed by atoms with E-state index < -0.39 is 0 Å². The predicted molar refractivity (Wildman–Crippen MR) is 88.2 cm³/mol. The summed E-state index contributed by atoms with van der Waals surface area (Å²) in [4.78, 5) is 0. The number of rotatable bonds is 4. The second-order valence-electron chi connectivity index (χ2n) is 5.53. The molecule has 0 N–H and O–H groups in total. The van der Waals surface area contributed by atoms with Crippen LogP contribution in [0.3, 0.4) is 0 Å². The van der Waals surface area contributed by atoms with Gasteiger partial charge in [-0.15, -0.1) is 0 Å². The molecule has 0 amide bonds. The molecule has 2 aromatic carbocycles. The third-order valence-corrected chi connectivity index (χ3v) is 3.77. The van der Waals surface area contributed by atoms with Crippen molar-refractivity contribution in [1.82, 2.24) is 0 Å². The van der Waals surface area contributed by atoms with Gasteiger partial charge in [-0.05, 0) is 60.4 Å². The zero-order valence-corrected chi connectivity index (χ0v) is 13.2. The van der Waals surface area contributed by atoms with Gasteiger partial charge in [-0.1, -0.05) is 18.2 Å². The zero-order valence-electron chi connectivity index (χ0n) is 13.2. The third-order valence-electron chi connectivity index (χ3n) is 3.77. The van der Waals surface area contributed by atoms with Crippen molar-refractivity contribution < 1.29 is 14.2 Å². The summed E-state index contributed by atoms with van der Waals surface area (Å²) in [6, 6.07) is 12.4. The van der Waals surface area contributed by atoms with Crippen LogP contribution in [0.15, 0.2) is 36.4 Å². The van der Waals surface area contributed by atoms with Crippen molar-refractivity contribution in [3.8, 4) is 11.5 Å². The number of ether oxygens (including phenoxy) is 3. The number of aryl methyl sites for hydroxylation is 2. The number of benzene rings is 2. The minimum absolute atomic E-state index is 0.261. The van der Waals surface area contributed by atoms with Crippen molar-refractivity contribution in [1.29, 1.82) is 0 Å². The van der Waals surface area contributed by atoms with Crippen molar-refractivity contribution in [2.45, 2.75) is 13.8 Å². The van der Waals surface area contributed by atoms with Crippen molar-refractivity contribution in [2.75, 3.05) is 20.5 Å². The van der Waals surface area contributed by atoms with Gasteiger partial charge in [-0.2, -0.15) is 0 Å². The number of fused-ring (bicyclic) bond motifs is 1. The number of hydrogen-bond acceptors (Lipinski definition) is 3. The summed E-state index contributed by atoms with van der Waals surface area (Å²) in [5.74, 6) is 1.78. The van der Waals surface area contributed by atoms with E-state index in [0.29, 0.717) is 6.61 Å². The molecule has 2 aromatic rings. The average molecular weight is 296 g/mol. The second-order valence-corrected chi connectivity index (χ2v) is 5.53. The van der Waals surface area contributed by atoms with Gasteiger partial charge >= 0.3 is 0 Å². The fourth-order valence-corrected chi connectivity index (χ4v) is 2.64. The van der Waals surface area contributed by atoms with E-state index in [0.717, 1.165) is 17.1 Å². The number of methoxy groups -OCH3 is 1. The summed E-state index contributed by atoms with van der Waals surface area (Å²) in [5, 5.41) is 0. The van der Waals surface area contributed by atoms with Crippen molar-refractivity contribution in [3.63, 3.8) is 0 Å². The highest BCUT2D eigenvalue weighted by Crippen LogP contribution is 2.33. The van der Waals surface area contributed by atoms with E-state index >= 15 is 0 Å². The maximum absolute atomic E-state index is 5.90. The Morgan fingerprint density at radius 1 is 1.09 bits per heavy atom. The van der Waals surface area contributed by atoms with Crippen LogP contribution in [0.25, 0.3) is 11.6 Å². The van der Waals surface area contributed by atoms with E-state index in [1.165, 1.54) is 22.3 Å². The molecule has 3 heteroatoms. The first-order valence-electron chi connectivity index (χ1n) is 7.34. The van der Waals surface area contributed by atoms with E-state index in [4.69, 9.17) is 14.2 Å². The van der Waals surface area contributed by atoms with E-state index in [9.17, 15) is 0 Å². The van der Waals surface area contributed by atoms with Crippen LogP contribution >= 0.6 is 0 Å². The third kappa shape index (κ3) is 3.00. The standard InChI is InChI=1S/C19H20O3/c1-13-4-5-15-10-16(11-21-19(15)8-13)18-7-6-17(9-14(18)2)22-12-20-3/h4-10H,11-12H2,1-3H3. The second kappa shape index (κ2) is 6.24.